The molecule has 0 radical (unpaired) electrons. The Balaban J connectivity index is 1.86. The molecule has 0 aromatic rings. The average molecular weight is 270 g/mol. The Kier molecular flexibility index (Phi) is 4.48. The first-order valence-electron chi connectivity index (χ1n) is 7.28. The van der Waals surface area contributed by atoms with Crippen molar-refractivity contribution in [2.24, 2.45) is 0 Å². The average Bonchev–Trinajstić information content (AvgIpc) is 2.65. The van der Waals surface area contributed by atoms with E-state index in [1.807, 2.05) is 13.8 Å². The summed E-state index contributed by atoms with van der Waals surface area (Å²) in [4.78, 5) is 13.8. The maximum Gasteiger partial charge on any atom is 0.323 e. The lowest BCUT2D eigenvalue weighted by atomic mass is 9.96. The molecule has 2 fully saturated rings. The van der Waals surface area contributed by atoms with Crippen LogP contribution in [0.25, 0.3) is 0 Å². The zero-order chi connectivity index (χ0) is 14.0. The fourth-order valence-corrected chi connectivity index (χ4v) is 3.14. The molecule has 5 heteroatoms. The van der Waals surface area contributed by atoms with Gasteiger partial charge >= 0.3 is 5.97 Å². The van der Waals surface area contributed by atoms with Crippen molar-refractivity contribution < 1.29 is 14.6 Å². The van der Waals surface area contributed by atoms with Crippen molar-refractivity contribution >= 4 is 5.97 Å². The van der Waals surface area contributed by atoms with E-state index in [2.05, 4.69) is 10.2 Å². The van der Waals surface area contributed by atoms with Crippen LogP contribution in [0, 0.1) is 0 Å². The third-order valence-corrected chi connectivity index (χ3v) is 4.13. The summed E-state index contributed by atoms with van der Waals surface area (Å²) in [6.45, 7) is 8.47. The highest BCUT2D eigenvalue weighted by Gasteiger charge is 2.37. The van der Waals surface area contributed by atoms with E-state index in [-0.39, 0.29) is 6.04 Å². The van der Waals surface area contributed by atoms with Crippen LogP contribution in [0.1, 0.15) is 40.0 Å². The molecule has 5 nitrogen and oxygen atoms in total. The third kappa shape index (κ3) is 3.68. The van der Waals surface area contributed by atoms with Crippen LogP contribution in [0.5, 0.6) is 0 Å². The number of hydrogen-bond donors (Lipinski definition) is 2. The fraction of sp³-hybridized carbons (Fsp3) is 0.929. The van der Waals surface area contributed by atoms with Gasteiger partial charge in [0.05, 0.1) is 12.2 Å². The van der Waals surface area contributed by atoms with Gasteiger partial charge < -0.3 is 9.84 Å². The van der Waals surface area contributed by atoms with Crippen molar-refractivity contribution in [3.05, 3.63) is 0 Å². The molecule has 2 rings (SSSR count). The van der Waals surface area contributed by atoms with Crippen molar-refractivity contribution in [1.29, 1.82) is 0 Å². The number of carbonyl (C=O) groups is 1. The standard InChI is InChI=1S/C14H26N2O3/c1-10(2)15-14(3,13(17)18)6-7-16-8-11-4-5-12(9-16)19-11/h10-12,15H,4-9H2,1-3H3,(H,17,18). The van der Waals surface area contributed by atoms with Crippen LogP contribution in [0.2, 0.25) is 0 Å². The van der Waals surface area contributed by atoms with Crippen LogP contribution in [0.15, 0.2) is 0 Å². The molecule has 2 N–H and O–H groups in total. The third-order valence-electron chi connectivity index (χ3n) is 4.13. The second-order valence-corrected chi connectivity index (χ2v) is 6.40. The molecule has 2 saturated heterocycles. The number of hydrogen-bond acceptors (Lipinski definition) is 4. The van der Waals surface area contributed by atoms with Gasteiger partial charge in [-0.05, 0) is 40.0 Å². The molecule has 0 saturated carbocycles. The summed E-state index contributed by atoms with van der Waals surface area (Å²) in [5, 5.41) is 12.6. The number of carboxylic acid groups (broad SMARTS) is 1. The van der Waals surface area contributed by atoms with Crippen LogP contribution < -0.4 is 5.32 Å². The zero-order valence-corrected chi connectivity index (χ0v) is 12.2. The summed E-state index contributed by atoms with van der Waals surface area (Å²) in [5.74, 6) is -0.766. The number of aliphatic carboxylic acids is 1. The summed E-state index contributed by atoms with van der Waals surface area (Å²) in [5.41, 5.74) is -0.842. The van der Waals surface area contributed by atoms with Gasteiger partial charge in [-0.25, -0.2) is 0 Å². The van der Waals surface area contributed by atoms with E-state index in [9.17, 15) is 9.90 Å². The van der Waals surface area contributed by atoms with Crippen LogP contribution in [-0.2, 0) is 9.53 Å². The fourth-order valence-electron chi connectivity index (χ4n) is 3.14. The highest BCUT2D eigenvalue weighted by molar-refractivity contribution is 5.78. The van der Waals surface area contributed by atoms with Gasteiger partial charge in [0.1, 0.15) is 5.54 Å². The molecule has 0 amide bonds. The Hall–Kier alpha value is -0.650. The minimum atomic E-state index is -0.842. The van der Waals surface area contributed by atoms with E-state index in [0.717, 1.165) is 32.5 Å². The maximum atomic E-state index is 11.5. The second-order valence-electron chi connectivity index (χ2n) is 6.40. The number of morpholine rings is 1. The smallest absolute Gasteiger partial charge is 0.323 e. The van der Waals surface area contributed by atoms with E-state index < -0.39 is 11.5 Å². The van der Waals surface area contributed by atoms with E-state index in [0.29, 0.717) is 18.6 Å². The first-order chi connectivity index (χ1) is 8.89. The van der Waals surface area contributed by atoms with Gasteiger partial charge in [0, 0.05) is 25.7 Å². The molecule has 19 heavy (non-hydrogen) atoms. The number of fused-ring (bicyclic) bond motifs is 2. The number of likely N-dealkylation sites (tertiary alicyclic amines) is 1. The van der Waals surface area contributed by atoms with Crippen LogP contribution in [-0.4, -0.2) is 59.4 Å². The van der Waals surface area contributed by atoms with Gasteiger partial charge in [-0.3, -0.25) is 15.0 Å². The van der Waals surface area contributed by atoms with Crippen molar-refractivity contribution in [1.82, 2.24) is 10.2 Å². The lowest BCUT2D eigenvalue weighted by Crippen LogP contribution is -2.54. The number of nitrogens with zero attached hydrogens (tertiary/aromatic N) is 1. The van der Waals surface area contributed by atoms with Gasteiger partial charge in [-0.15, -0.1) is 0 Å². The Morgan fingerprint density at radius 3 is 2.47 bits per heavy atom. The molecule has 3 atom stereocenters. The number of carboxylic acids is 1. The molecule has 0 aliphatic carbocycles. The first-order valence-corrected chi connectivity index (χ1v) is 7.28. The molecule has 0 aromatic carbocycles. The molecule has 110 valence electrons. The van der Waals surface area contributed by atoms with Crippen LogP contribution in [0.4, 0.5) is 0 Å². The van der Waals surface area contributed by atoms with Crippen molar-refractivity contribution in [2.75, 3.05) is 19.6 Å². The summed E-state index contributed by atoms with van der Waals surface area (Å²) in [7, 11) is 0. The van der Waals surface area contributed by atoms with Gasteiger partial charge in [-0.1, -0.05) is 0 Å². The van der Waals surface area contributed by atoms with Crippen molar-refractivity contribution in [3.8, 4) is 0 Å². The van der Waals surface area contributed by atoms with Crippen LogP contribution in [0.3, 0.4) is 0 Å². The van der Waals surface area contributed by atoms with Crippen molar-refractivity contribution in [2.45, 2.75) is 63.8 Å². The largest absolute Gasteiger partial charge is 0.480 e. The summed E-state index contributed by atoms with van der Waals surface area (Å²) < 4.78 is 5.80. The van der Waals surface area contributed by atoms with Crippen molar-refractivity contribution in [3.63, 3.8) is 0 Å². The van der Waals surface area contributed by atoms with Gasteiger partial charge in [0.2, 0.25) is 0 Å². The molecule has 2 aliphatic heterocycles. The number of ether oxygens (including phenoxy) is 1. The molecule has 3 unspecified atom stereocenters. The predicted octanol–water partition coefficient (Wildman–Crippen LogP) is 1.08. The highest BCUT2D eigenvalue weighted by atomic mass is 16.5. The topological polar surface area (TPSA) is 61.8 Å². The van der Waals surface area contributed by atoms with Gasteiger partial charge in [0.15, 0.2) is 0 Å². The van der Waals surface area contributed by atoms with Crippen LogP contribution >= 0.6 is 0 Å². The minimum Gasteiger partial charge on any atom is -0.480 e. The van der Waals surface area contributed by atoms with E-state index >= 15 is 0 Å². The number of nitrogens with one attached hydrogen (secondary N) is 1. The Morgan fingerprint density at radius 1 is 1.42 bits per heavy atom. The molecule has 0 spiro atoms. The SMILES string of the molecule is CC(C)NC(C)(CCN1CC2CCC(C1)O2)C(=O)O. The van der Waals surface area contributed by atoms with Gasteiger partial charge in [-0.2, -0.15) is 0 Å². The molecule has 0 aromatic heterocycles. The molecular formula is C14H26N2O3. The molecular weight excluding hydrogens is 244 g/mol. The lowest BCUT2D eigenvalue weighted by Gasteiger charge is -2.35. The lowest BCUT2D eigenvalue weighted by molar-refractivity contribution is -0.145. The summed E-state index contributed by atoms with van der Waals surface area (Å²) >= 11 is 0. The Morgan fingerprint density at radius 2 is 2.00 bits per heavy atom. The Labute approximate surface area is 115 Å². The molecule has 2 heterocycles. The maximum absolute atomic E-state index is 11.5. The quantitative estimate of drug-likeness (QED) is 0.756. The normalized spacial score (nSPS) is 30.5. The summed E-state index contributed by atoms with van der Waals surface area (Å²) in [6, 6.07) is 0.168. The minimum absolute atomic E-state index is 0.168. The van der Waals surface area contributed by atoms with E-state index in [4.69, 9.17) is 4.74 Å². The molecule has 2 aliphatic rings. The Bertz CT molecular complexity index is 323. The van der Waals surface area contributed by atoms with Gasteiger partial charge in [0.25, 0.3) is 0 Å². The van der Waals surface area contributed by atoms with E-state index in [1.54, 1.807) is 6.92 Å². The summed E-state index contributed by atoms with van der Waals surface area (Å²) in [6.07, 6.45) is 3.67. The number of rotatable bonds is 6. The van der Waals surface area contributed by atoms with E-state index in [1.165, 1.54) is 0 Å². The second kappa shape index (κ2) is 5.77. The zero-order valence-electron chi connectivity index (χ0n) is 12.2. The predicted molar refractivity (Wildman–Crippen MR) is 73.3 cm³/mol. The monoisotopic (exact) mass is 270 g/mol. The first kappa shape index (κ1) is 14.8. The highest BCUT2D eigenvalue weighted by Crippen LogP contribution is 2.26. The molecule has 2 bridgehead atoms.